The summed E-state index contributed by atoms with van der Waals surface area (Å²) in [6.07, 6.45) is 0. The van der Waals surface area contributed by atoms with Gasteiger partial charge in [-0.05, 0) is 121 Å². The zero-order valence-corrected chi connectivity index (χ0v) is 39.9. The largest absolute Gasteiger partial charge is 0.456 e. The summed E-state index contributed by atoms with van der Waals surface area (Å²) in [6.45, 7) is 0. The lowest BCUT2D eigenvalue weighted by Gasteiger charge is -2.46. The SMILES string of the molecule is c1ccc(C2(c3ccccc3)c3ccccc3N(c3cccc(-c4ccc5oc6ccc(N7c8ccccc8[Si](c8ccccc8)(c8ccccc8)c8ccccc87)cc6c5c4)c3)c3ccccc32)cc1. The Morgan fingerprint density at radius 2 is 0.732 bits per heavy atom. The number of nitrogens with zero attached hydrogens (tertiary/aromatic N) is 2. The van der Waals surface area contributed by atoms with Crippen molar-refractivity contribution in [1.29, 1.82) is 0 Å². The number of hydrogen-bond donors (Lipinski definition) is 0. The van der Waals surface area contributed by atoms with Gasteiger partial charge in [0.2, 0.25) is 0 Å². The van der Waals surface area contributed by atoms with E-state index in [2.05, 4.69) is 289 Å². The predicted molar refractivity (Wildman–Crippen MR) is 298 cm³/mol. The first-order chi connectivity index (χ1) is 35.2. The summed E-state index contributed by atoms with van der Waals surface area (Å²) < 4.78 is 6.64. The third-order valence-corrected chi connectivity index (χ3v) is 20.0. The lowest BCUT2D eigenvalue weighted by atomic mass is 9.62. The number of benzene rings is 11. The highest BCUT2D eigenvalue weighted by Gasteiger charge is 2.49. The highest BCUT2D eigenvalue weighted by Crippen LogP contribution is 2.57. The minimum absolute atomic E-state index is 0.525. The molecule has 11 aromatic carbocycles. The zero-order valence-electron chi connectivity index (χ0n) is 38.9. The fraction of sp³-hybridized carbons (Fsp3) is 0.0149. The van der Waals surface area contributed by atoms with Gasteiger partial charge in [-0.1, -0.05) is 212 Å². The molecule has 0 saturated heterocycles. The molecule has 3 heterocycles. The smallest absolute Gasteiger partial charge is 0.184 e. The van der Waals surface area contributed by atoms with Gasteiger partial charge in [-0.15, -0.1) is 0 Å². The summed E-state index contributed by atoms with van der Waals surface area (Å²) in [5.41, 5.74) is 15.4. The van der Waals surface area contributed by atoms with Crippen LogP contribution in [0.25, 0.3) is 33.1 Å². The first-order valence-corrected chi connectivity index (χ1v) is 26.5. The molecule has 0 amide bonds. The highest BCUT2D eigenvalue weighted by molar-refractivity contribution is 7.21. The predicted octanol–water partition coefficient (Wildman–Crippen LogP) is 14.6. The topological polar surface area (TPSA) is 19.6 Å². The van der Waals surface area contributed by atoms with Gasteiger partial charge in [-0.3, -0.25) is 0 Å². The van der Waals surface area contributed by atoms with Gasteiger partial charge in [0, 0.05) is 33.5 Å². The zero-order chi connectivity index (χ0) is 46.9. The molecule has 0 N–H and O–H groups in total. The van der Waals surface area contributed by atoms with Crippen LogP contribution in [0.15, 0.2) is 283 Å². The molecule has 334 valence electrons. The average molecular weight is 923 g/mol. The van der Waals surface area contributed by atoms with Crippen molar-refractivity contribution in [3.8, 4) is 11.1 Å². The lowest BCUT2D eigenvalue weighted by Crippen LogP contribution is -2.77. The number of hydrogen-bond acceptors (Lipinski definition) is 3. The molecule has 0 unspecified atom stereocenters. The van der Waals surface area contributed by atoms with Gasteiger partial charge in [0.25, 0.3) is 0 Å². The van der Waals surface area contributed by atoms with Crippen molar-refractivity contribution in [2.45, 2.75) is 5.41 Å². The molecule has 2 aliphatic heterocycles. The Balaban J connectivity index is 0.903. The summed E-state index contributed by atoms with van der Waals surface area (Å²) in [7, 11) is -2.74. The second-order valence-electron chi connectivity index (χ2n) is 18.7. The van der Waals surface area contributed by atoms with Gasteiger partial charge < -0.3 is 14.2 Å². The maximum Gasteiger partial charge on any atom is 0.184 e. The summed E-state index contributed by atoms with van der Waals surface area (Å²) >= 11 is 0. The molecule has 71 heavy (non-hydrogen) atoms. The average Bonchev–Trinajstić information content (AvgIpc) is 3.82. The summed E-state index contributed by atoms with van der Waals surface area (Å²) in [5.74, 6) is 0. The van der Waals surface area contributed by atoms with E-state index in [0.29, 0.717) is 0 Å². The standard InChI is InChI=1S/C67H46N2OSi/c1-5-23-49(24-6-1)67(50-25-7-2-8-26-50)57-32-13-15-34-59(57)68(60-35-16-14-33-58(60)67)51-27-21-22-47(44-51)48-40-42-63-55(45-48)56-46-52(41-43-64(56)70-63)69-61-36-17-19-38-65(61)71(53-28-9-3-10-29-53,54-30-11-4-12-31-54)66-39-20-18-37-62(66)69/h1-46H. The Morgan fingerprint density at radius 3 is 1.30 bits per heavy atom. The third-order valence-electron chi connectivity index (χ3n) is 15.2. The quantitative estimate of drug-likeness (QED) is 0.149. The van der Waals surface area contributed by atoms with Crippen molar-refractivity contribution >= 4 is 84.9 Å². The molecule has 0 fully saturated rings. The van der Waals surface area contributed by atoms with Crippen LogP contribution in [0.5, 0.6) is 0 Å². The van der Waals surface area contributed by atoms with E-state index in [1.165, 1.54) is 54.4 Å². The number of furan rings is 1. The molecule has 0 radical (unpaired) electrons. The van der Waals surface area contributed by atoms with Crippen molar-refractivity contribution in [1.82, 2.24) is 0 Å². The number of anilines is 6. The number of fused-ring (bicyclic) bond motifs is 7. The second kappa shape index (κ2) is 16.3. The summed E-state index contributed by atoms with van der Waals surface area (Å²) in [4.78, 5) is 4.93. The van der Waals surface area contributed by atoms with E-state index in [-0.39, 0.29) is 0 Å². The molecule has 0 saturated carbocycles. The maximum absolute atomic E-state index is 6.64. The molecule has 0 atom stereocenters. The number of para-hydroxylation sites is 4. The molecule has 3 nitrogen and oxygen atoms in total. The molecule has 12 aromatic rings. The van der Waals surface area contributed by atoms with E-state index in [4.69, 9.17) is 4.42 Å². The van der Waals surface area contributed by atoms with E-state index >= 15 is 0 Å². The lowest BCUT2D eigenvalue weighted by molar-refractivity contribution is 0.669. The Bertz CT molecular complexity index is 3780. The molecule has 0 spiro atoms. The normalized spacial score (nSPS) is 14.1. The minimum Gasteiger partial charge on any atom is -0.456 e. The first-order valence-electron chi connectivity index (χ1n) is 24.5. The van der Waals surface area contributed by atoms with E-state index in [9.17, 15) is 0 Å². The van der Waals surface area contributed by atoms with Crippen molar-refractivity contribution < 1.29 is 4.42 Å². The van der Waals surface area contributed by atoms with E-state index < -0.39 is 13.5 Å². The second-order valence-corrected chi connectivity index (χ2v) is 22.5. The van der Waals surface area contributed by atoms with Crippen LogP contribution < -0.4 is 30.5 Å². The molecule has 2 aliphatic rings. The van der Waals surface area contributed by atoms with Crippen LogP contribution in [0, 0.1) is 0 Å². The first kappa shape index (κ1) is 41.0. The Labute approximate surface area is 414 Å². The number of rotatable bonds is 7. The van der Waals surface area contributed by atoms with Gasteiger partial charge in [0.15, 0.2) is 8.07 Å². The summed E-state index contributed by atoms with van der Waals surface area (Å²) in [6, 6.07) is 103. The van der Waals surface area contributed by atoms with Crippen molar-refractivity contribution in [3.63, 3.8) is 0 Å². The van der Waals surface area contributed by atoms with E-state index in [0.717, 1.165) is 55.8 Å². The molecule has 0 aliphatic carbocycles. The Morgan fingerprint density at radius 1 is 0.310 bits per heavy atom. The molecular weight excluding hydrogens is 877 g/mol. The molecule has 4 heteroatoms. The molecule has 14 rings (SSSR count). The fourth-order valence-corrected chi connectivity index (χ4v) is 17.4. The Hall–Kier alpha value is -8.96. The van der Waals surface area contributed by atoms with E-state index in [1.54, 1.807) is 0 Å². The van der Waals surface area contributed by atoms with Crippen LogP contribution in [0.4, 0.5) is 34.1 Å². The van der Waals surface area contributed by atoms with E-state index in [1.807, 2.05) is 0 Å². The van der Waals surface area contributed by atoms with Crippen LogP contribution in [0.1, 0.15) is 22.3 Å². The van der Waals surface area contributed by atoms with Crippen LogP contribution in [0.2, 0.25) is 0 Å². The van der Waals surface area contributed by atoms with Crippen LogP contribution in [-0.4, -0.2) is 8.07 Å². The van der Waals surface area contributed by atoms with Gasteiger partial charge in [-0.25, -0.2) is 0 Å². The van der Waals surface area contributed by atoms with Gasteiger partial charge in [-0.2, -0.15) is 0 Å². The summed E-state index contributed by atoms with van der Waals surface area (Å²) in [5, 5.41) is 7.67. The maximum atomic E-state index is 6.64. The minimum atomic E-state index is -2.74. The van der Waals surface area contributed by atoms with Gasteiger partial charge >= 0.3 is 0 Å². The van der Waals surface area contributed by atoms with Crippen molar-refractivity contribution in [2.75, 3.05) is 9.80 Å². The monoisotopic (exact) mass is 922 g/mol. The van der Waals surface area contributed by atoms with Gasteiger partial charge in [0.05, 0.1) is 16.8 Å². The van der Waals surface area contributed by atoms with Crippen LogP contribution >= 0.6 is 0 Å². The molecule has 0 bridgehead atoms. The van der Waals surface area contributed by atoms with Crippen LogP contribution in [0.3, 0.4) is 0 Å². The van der Waals surface area contributed by atoms with Crippen molar-refractivity contribution in [2.24, 2.45) is 0 Å². The molecular formula is C67H46N2OSi. The van der Waals surface area contributed by atoms with Gasteiger partial charge in [0.1, 0.15) is 11.2 Å². The van der Waals surface area contributed by atoms with Crippen LogP contribution in [-0.2, 0) is 5.41 Å². The van der Waals surface area contributed by atoms with Crippen molar-refractivity contribution in [3.05, 3.63) is 301 Å². The third kappa shape index (κ3) is 6.08. The Kier molecular flexibility index (Phi) is 9.45. The molecule has 1 aromatic heterocycles. The fourth-order valence-electron chi connectivity index (χ4n) is 12.3. The highest BCUT2D eigenvalue weighted by atomic mass is 28.3.